The second kappa shape index (κ2) is 12.7. The molecular formula is C64H58. The van der Waals surface area contributed by atoms with E-state index in [4.69, 9.17) is 0 Å². The van der Waals surface area contributed by atoms with E-state index in [-0.39, 0.29) is 21.7 Å². The lowest BCUT2D eigenvalue weighted by Crippen LogP contribution is -2.24. The smallest absolute Gasteiger partial charge is 0.00198 e. The first-order valence-electron chi connectivity index (χ1n) is 23.5. The highest BCUT2D eigenvalue weighted by molar-refractivity contribution is 6.39. The number of hydrogen-bond acceptors (Lipinski definition) is 0. The van der Waals surface area contributed by atoms with Crippen LogP contribution in [-0.4, -0.2) is 0 Å². The maximum absolute atomic E-state index is 2.64. The molecule has 0 bridgehead atoms. The molecule has 0 aliphatic rings. The van der Waals surface area contributed by atoms with Gasteiger partial charge in [0.15, 0.2) is 0 Å². The maximum atomic E-state index is 2.64. The summed E-state index contributed by atoms with van der Waals surface area (Å²) in [6.07, 6.45) is 0. The molecule has 0 aliphatic carbocycles. The van der Waals surface area contributed by atoms with Gasteiger partial charge in [-0.2, -0.15) is 0 Å². The van der Waals surface area contributed by atoms with E-state index in [1.54, 1.807) is 0 Å². The molecule has 0 saturated carbocycles. The summed E-state index contributed by atoms with van der Waals surface area (Å²) in [6, 6.07) is 52.3. The van der Waals surface area contributed by atoms with Crippen molar-refractivity contribution >= 4 is 108 Å². The zero-order chi connectivity index (χ0) is 44.6. The van der Waals surface area contributed by atoms with Crippen LogP contribution in [0.15, 0.2) is 133 Å². The summed E-state index contributed by atoms with van der Waals surface area (Å²) < 4.78 is 0. The SMILES string of the molecule is CC(C)(C)c1cc(-c2cc(C(C)(C)C)c(C(C)(C)C)c3c2cc2c4cccc5cccc(c6cccc3c62)c54)c2cc3c4cccc5cccc(c6cccc(c2c1C(C)(C)C)c63)c54. The van der Waals surface area contributed by atoms with E-state index in [0.717, 1.165) is 0 Å². The number of fused-ring (bicyclic) bond motifs is 8. The van der Waals surface area contributed by atoms with Crippen molar-refractivity contribution in [2.75, 3.05) is 0 Å². The van der Waals surface area contributed by atoms with Crippen LogP contribution in [0.3, 0.4) is 0 Å². The van der Waals surface area contributed by atoms with Crippen molar-refractivity contribution in [3.8, 4) is 11.1 Å². The van der Waals surface area contributed by atoms with Crippen LogP contribution in [0.25, 0.3) is 119 Å². The molecule has 0 unspecified atom stereocenters. The Morgan fingerprint density at radius 2 is 0.516 bits per heavy atom. The quantitative estimate of drug-likeness (QED) is 0.114. The average molecular weight is 827 g/mol. The van der Waals surface area contributed by atoms with Crippen LogP contribution in [0, 0.1) is 0 Å². The lowest BCUT2D eigenvalue weighted by molar-refractivity contribution is 0.534. The van der Waals surface area contributed by atoms with Gasteiger partial charge in [-0.25, -0.2) is 0 Å². The largest absolute Gasteiger partial charge is 0.0610 e. The van der Waals surface area contributed by atoms with Crippen LogP contribution >= 0.6 is 0 Å². The fourth-order valence-electron chi connectivity index (χ4n) is 12.4. The van der Waals surface area contributed by atoms with Gasteiger partial charge in [0.25, 0.3) is 0 Å². The van der Waals surface area contributed by atoms with Crippen LogP contribution in [0.1, 0.15) is 105 Å². The van der Waals surface area contributed by atoms with Crippen molar-refractivity contribution in [1.82, 2.24) is 0 Å². The van der Waals surface area contributed by atoms with Crippen molar-refractivity contribution in [2.24, 2.45) is 0 Å². The maximum Gasteiger partial charge on any atom is -0.00198 e. The van der Waals surface area contributed by atoms with Crippen molar-refractivity contribution < 1.29 is 0 Å². The average Bonchev–Trinajstić information content (AvgIpc) is 3.24. The Bertz CT molecular complexity index is 3680. The second-order valence-corrected chi connectivity index (χ2v) is 23.3. The molecule has 12 aromatic carbocycles. The van der Waals surface area contributed by atoms with E-state index in [2.05, 4.69) is 217 Å². The molecule has 0 atom stereocenters. The fourth-order valence-corrected chi connectivity index (χ4v) is 12.4. The van der Waals surface area contributed by atoms with E-state index in [0.29, 0.717) is 0 Å². The number of hydrogen-bond donors (Lipinski definition) is 0. The van der Waals surface area contributed by atoms with Gasteiger partial charge in [-0.1, -0.05) is 192 Å². The van der Waals surface area contributed by atoms with Gasteiger partial charge in [-0.15, -0.1) is 0 Å². The summed E-state index contributed by atoms with van der Waals surface area (Å²) in [5.74, 6) is 0. The zero-order valence-electron chi connectivity index (χ0n) is 39.7. The summed E-state index contributed by atoms with van der Waals surface area (Å²) in [5, 5.41) is 27.0. The van der Waals surface area contributed by atoms with Gasteiger partial charge >= 0.3 is 0 Å². The molecule has 0 radical (unpaired) electrons. The van der Waals surface area contributed by atoms with Crippen molar-refractivity contribution in [3.63, 3.8) is 0 Å². The van der Waals surface area contributed by atoms with Crippen LogP contribution in [0.5, 0.6) is 0 Å². The second-order valence-electron chi connectivity index (χ2n) is 23.3. The van der Waals surface area contributed by atoms with E-state index in [9.17, 15) is 0 Å². The third-order valence-corrected chi connectivity index (χ3v) is 14.9. The molecule has 0 saturated heterocycles. The fraction of sp³-hybridized carbons (Fsp3) is 0.250. The zero-order valence-corrected chi connectivity index (χ0v) is 39.7. The topological polar surface area (TPSA) is 0 Å². The molecule has 314 valence electrons. The molecule has 0 aliphatic heterocycles. The van der Waals surface area contributed by atoms with Crippen molar-refractivity contribution in [2.45, 2.75) is 105 Å². The molecule has 64 heavy (non-hydrogen) atoms. The van der Waals surface area contributed by atoms with Crippen LogP contribution in [0.4, 0.5) is 0 Å². The van der Waals surface area contributed by atoms with E-state index in [1.807, 2.05) is 0 Å². The highest BCUT2D eigenvalue weighted by atomic mass is 14.4. The molecule has 0 amide bonds. The molecule has 12 aromatic rings. The molecule has 0 fully saturated rings. The minimum absolute atomic E-state index is 0.121. The van der Waals surface area contributed by atoms with Gasteiger partial charge in [0, 0.05) is 0 Å². The Morgan fingerprint density at radius 3 is 0.828 bits per heavy atom. The highest BCUT2D eigenvalue weighted by Gasteiger charge is 2.34. The van der Waals surface area contributed by atoms with Gasteiger partial charge in [0.1, 0.15) is 0 Å². The van der Waals surface area contributed by atoms with Crippen molar-refractivity contribution in [3.05, 3.63) is 156 Å². The Labute approximate surface area is 377 Å². The Morgan fingerprint density at radius 1 is 0.234 bits per heavy atom. The molecule has 0 nitrogen and oxygen atoms in total. The lowest BCUT2D eigenvalue weighted by Gasteiger charge is -2.35. The molecule has 0 heteroatoms. The van der Waals surface area contributed by atoms with Crippen LogP contribution in [0.2, 0.25) is 0 Å². The Kier molecular flexibility index (Phi) is 7.83. The minimum Gasteiger partial charge on any atom is -0.0610 e. The summed E-state index contributed by atoms with van der Waals surface area (Å²) >= 11 is 0. The summed E-state index contributed by atoms with van der Waals surface area (Å²) in [5.41, 5.74) is 7.94. The third kappa shape index (κ3) is 5.29. The predicted octanol–water partition coefficient (Wildman–Crippen LogP) is 19.0. The lowest BCUT2D eigenvalue weighted by atomic mass is 9.68. The minimum atomic E-state index is -0.122. The molecule has 12 rings (SSSR count). The van der Waals surface area contributed by atoms with Gasteiger partial charge in [-0.3, -0.25) is 0 Å². The molecule has 0 aromatic heterocycles. The number of benzene rings is 12. The first-order chi connectivity index (χ1) is 30.3. The van der Waals surface area contributed by atoms with E-state index < -0.39 is 0 Å². The summed E-state index contributed by atoms with van der Waals surface area (Å²) in [4.78, 5) is 0. The normalized spacial score (nSPS) is 13.6. The first-order valence-corrected chi connectivity index (χ1v) is 23.5. The van der Waals surface area contributed by atoms with E-state index in [1.165, 1.54) is 141 Å². The molecule has 0 spiro atoms. The van der Waals surface area contributed by atoms with Crippen LogP contribution in [-0.2, 0) is 21.7 Å². The van der Waals surface area contributed by atoms with E-state index >= 15 is 0 Å². The summed E-state index contributed by atoms with van der Waals surface area (Å²) in [6.45, 7) is 29.1. The number of rotatable bonds is 1. The van der Waals surface area contributed by atoms with Gasteiger partial charge in [0.2, 0.25) is 0 Å². The molecular weight excluding hydrogens is 769 g/mol. The molecule has 0 heterocycles. The summed E-state index contributed by atoms with van der Waals surface area (Å²) in [7, 11) is 0. The Balaban J connectivity index is 1.40. The van der Waals surface area contributed by atoms with Gasteiger partial charge < -0.3 is 0 Å². The standard InChI is InChI=1S/C64H58/c1-61(2,3)51-33-45(49-31-47-41-25-15-21-35-19-13-23-37(53(35)41)39-27-17-29-43(55(39)47)57(49)59(51)63(7,8)9)46-34-52(62(4,5)6)60(64(10,11)12)58-44-30-18-28-40-38-24-14-20-36-22-16-26-42(54(36)38)48(56(40)44)32-50(46)58/h13-34H,1-12H3. The van der Waals surface area contributed by atoms with Crippen LogP contribution < -0.4 is 0 Å². The van der Waals surface area contributed by atoms with Gasteiger partial charge in [0.05, 0.1) is 0 Å². The first kappa shape index (κ1) is 39.4. The predicted molar refractivity (Wildman–Crippen MR) is 284 cm³/mol. The third-order valence-electron chi connectivity index (χ3n) is 14.9. The highest BCUT2D eigenvalue weighted by Crippen LogP contribution is 2.54. The molecule has 0 N–H and O–H groups in total. The van der Waals surface area contributed by atoms with Crippen molar-refractivity contribution in [1.29, 1.82) is 0 Å². The Hall–Kier alpha value is -6.24. The monoisotopic (exact) mass is 826 g/mol. The van der Waals surface area contributed by atoms with Gasteiger partial charge in [-0.05, 0) is 187 Å².